The topological polar surface area (TPSA) is 51.2 Å². The third-order valence-electron chi connectivity index (χ3n) is 3.04. The van der Waals surface area contributed by atoms with Crippen LogP contribution in [0.5, 0.6) is 0 Å². The second-order valence-corrected chi connectivity index (χ2v) is 6.29. The van der Waals surface area contributed by atoms with Crippen molar-refractivity contribution in [2.45, 2.75) is 51.4 Å². The van der Waals surface area contributed by atoms with Crippen molar-refractivity contribution in [2.24, 2.45) is 0 Å². The highest BCUT2D eigenvalue weighted by atomic mass is 32.1. The lowest BCUT2D eigenvalue weighted by molar-refractivity contribution is -0.0693. The molecule has 0 aromatic carbocycles. The Morgan fingerprint density at radius 1 is 1.53 bits per heavy atom. The molecule has 2 rings (SSSR count). The van der Waals surface area contributed by atoms with Gasteiger partial charge in [-0.2, -0.15) is 0 Å². The molecule has 0 unspecified atom stereocenters. The van der Waals surface area contributed by atoms with Crippen molar-refractivity contribution in [1.82, 2.24) is 10.3 Å². The fourth-order valence-corrected chi connectivity index (χ4v) is 2.88. The monoisotopic (exact) mass is 254 g/mol. The number of carbonyl (C=O) groups is 1. The summed E-state index contributed by atoms with van der Waals surface area (Å²) in [6, 6.07) is 0.0201. The van der Waals surface area contributed by atoms with Crippen LogP contribution < -0.4 is 5.32 Å². The van der Waals surface area contributed by atoms with Crippen LogP contribution in [0.15, 0.2) is 10.9 Å². The van der Waals surface area contributed by atoms with Gasteiger partial charge in [-0.1, -0.05) is 0 Å². The Morgan fingerprint density at radius 2 is 2.24 bits per heavy atom. The highest BCUT2D eigenvalue weighted by molar-refractivity contribution is 7.07. The number of aromatic nitrogens is 1. The number of rotatable bonds is 2. The molecular formula is C12H18N2O2S. The van der Waals surface area contributed by atoms with Gasteiger partial charge in [0.15, 0.2) is 0 Å². The largest absolute Gasteiger partial charge is 0.367 e. The third-order valence-corrected chi connectivity index (χ3v) is 3.63. The minimum Gasteiger partial charge on any atom is -0.367 e. The van der Waals surface area contributed by atoms with Crippen LogP contribution in [0.25, 0.3) is 0 Å². The molecule has 1 amide bonds. The first-order chi connectivity index (χ1) is 7.80. The number of ether oxygens (including phenoxy) is 1. The molecule has 4 nitrogen and oxygen atoms in total. The number of carbonyl (C=O) groups excluding carboxylic acids is 1. The first-order valence-corrected chi connectivity index (χ1v) is 6.64. The number of nitrogens with one attached hydrogen (secondary N) is 1. The average Bonchev–Trinajstić information content (AvgIpc) is 2.72. The molecule has 0 spiro atoms. The lowest BCUT2D eigenvalue weighted by atomic mass is 9.94. The number of hydrogen-bond donors (Lipinski definition) is 1. The quantitative estimate of drug-likeness (QED) is 0.880. The molecule has 0 bridgehead atoms. The van der Waals surface area contributed by atoms with Gasteiger partial charge in [0.2, 0.25) is 0 Å². The van der Waals surface area contributed by atoms with Crippen LogP contribution in [0.2, 0.25) is 0 Å². The summed E-state index contributed by atoms with van der Waals surface area (Å²) in [5.74, 6) is -0.120. The predicted octanol–water partition coefficient (Wildman–Crippen LogP) is 2.22. The maximum atomic E-state index is 11.9. The summed E-state index contributed by atoms with van der Waals surface area (Å²) in [4.78, 5) is 15.9. The molecule has 1 fully saturated rings. The normalized spacial score (nSPS) is 25.8. The lowest BCUT2D eigenvalue weighted by Gasteiger charge is -2.27. The first-order valence-electron chi connectivity index (χ1n) is 5.69. The van der Waals surface area contributed by atoms with E-state index in [4.69, 9.17) is 4.74 Å². The van der Waals surface area contributed by atoms with E-state index < -0.39 is 0 Å². The summed E-state index contributed by atoms with van der Waals surface area (Å²) in [6.07, 6.45) is 0.815. The zero-order valence-corrected chi connectivity index (χ0v) is 11.4. The molecule has 1 saturated heterocycles. The molecule has 0 aliphatic carbocycles. The van der Waals surface area contributed by atoms with Crippen molar-refractivity contribution in [2.75, 3.05) is 0 Å². The van der Waals surface area contributed by atoms with Gasteiger partial charge < -0.3 is 10.1 Å². The Labute approximate surface area is 105 Å². The van der Waals surface area contributed by atoms with E-state index in [9.17, 15) is 4.79 Å². The molecule has 0 saturated carbocycles. The second-order valence-electron chi connectivity index (χ2n) is 5.57. The van der Waals surface area contributed by atoms with Gasteiger partial charge in [0, 0.05) is 5.38 Å². The fraction of sp³-hybridized carbons (Fsp3) is 0.667. The minimum absolute atomic E-state index is 0.0201. The first kappa shape index (κ1) is 12.5. The standard InChI is InChI=1S/C12H18N2O2S/c1-11(2)5-9(12(3,4)16-11)14-10(15)8-6-17-7-13-8/h6-7,9H,5H2,1-4H3,(H,14,15)/t9-/m0/s1. The Kier molecular flexibility index (Phi) is 2.99. The summed E-state index contributed by atoms with van der Waals surface area (Å²) in [5, 5.41) is 4.76. The Balaban J connectivity index is 2.07. The van der Waals surface area contributed by atoms with E-state index in [-0.39, 0.29) is 23.2 Å². The molecule has 94 valence electrons. The van der Waals surface area contributed by atoms with Crippen LogP contribution in [-0.4, -0.2) is 28.1 Å². The van der Waals surface area contributed by atoms with E-state index in [0.717, 1.165) is 6.42 Å². The second kappa shape index (κ2) is 4.07. The minimum atomic E-state index is -0.338. The lowest BCUT2D eigenvalue weighted by Crippen LogP contribution is -2.46. The van der Waals surface area contributed by atoms with Gasteiger partial charge in [-0.15, -0.1) is 11.3 Å². The summed E-state index contributed by atoms with van der Waals surface area (Å²) >= 11 is 1.42. The SMILES string of the molecule is CC1(C)C[C@H](NC(=O)c2cscn2)C(C)(C)O1. The summed E-state index contributed by atoms with van der Waals surface area (Å²) in [5.41, 5.74) is 1.61. The van der Waals surface area contributed by atoms with Crippen LogP contribution in [0.4, 0.5) is 0 Å². The van der Waals surface area contributed by atoms with Gasteiger partial charge in [0.05, 0.1) is 22.8 Å². The maximum absolute atomic E-state index is 11.9. The molecule has 1 N–H and O–H groups in total. The Bertz CT molecular complexity index is 412. The number of thiazole rings is 1. The highest BCUT2D eigenvalue weighted by Gasteiger charge is 2.46. The van der Waals surface area contributed by atoms with Crippen molar-refractivity contribution in [1.29, 1.82) is 0 Å². The number of amides is 1. The maximum Gasteiger partial charge on any atom is 0.271 e. The molecule has 1 aliphatic heterocycles. The van der Waals surface area contributed by atoms with Gasteiger partial charge in [0.25, 0.3) is 5.91 Å². The molecule has 1 atom stereocenters. The smallest absolute Gasteiger partial charge is 0.271 e. The van der Waals surface area contributed by atoms with Gasteiger partial charge in [0.1, 0.15) is 5.69 Å². The van der Waals surface area contributed by atoms with Gasteiger partial charge in [-0.3, -0.25) is 4.79 Å². The van der Waals surface area contributed by atoms with Crippen molar-refractivity contribution in [3.05, 3.63) is 16.6 Å². The highest BCUT2D eigenvalue weighted by Crippen LogP contribution is 2.37. The molecule has 5 heteroatoms. The van der Waals surface area contributed by atoms with Crippen molar-refractivity contribution in [3.63, 3.8) is 0 Å². The zero-order chi connectivity index (χ0) is 12.7. The van der Waals surface area contributed by atoms with Crippen LogP contribution in [0, 0.1) is 0 Å². The molecule has 0 radical (unpaired) electrons. The van der Waals surface area contributed by atoms with E-state index in [1.165, 1.54) is 11.3 Å². The third kappa shape index (κ3) is 2.66. The fourth-order valence-electron chi connectivity index (χ4n) is 2.34. The van der Waals surface area contributed by atoms with Crippen molar-refractivity contribution in [3.8, 4) is 0 Å². The summed E-state index contributed by atoms with van der Waals surface area (Å²) in [7, 11) is 0. The van der Waals surface area contributed by atoms with Crippen LogP contribution in [-0.2, 0) is 4.74 Å². The molecule has 1 aliphatic rings. The van der Waals surface area contributed by atoms with Gasteiger partial charge in [-0.25, -0.2) is 4.98 Å². The summed E-state index contributed by atoms with van der Waals surface area (Å²) < 4.78 is 5.93. The number of hydrogen-bond acceptors (Lipinski definition) is 4. The molecule has 1 aromatic rings. The van der Waals surface area contributed by atoms with Crippen molar-refractivity contribution < 1.29 is 9.53 Å². The van der Waals surface area contributed by atoms with Crippen LogP contribution in [0.3, 0.4) is 0 Å². The number of nitrogens with zero attached hydrogens (tertiary/aromatic N) is 1. The van der Waals surface area contributed by atoms with E-state index in [1.807, 2.05) is 27.7 Å². The molecule has 17 heavy (non-hydrogen) atoms. The van der Waals surface area contributed by atoms with E-state index >= 15 is 0 Å². The van der Waals surface area contributed by atoms with E-state index in [0.29, 0.717) is 5.69 Å². The van der Waals surface area contributed by atoms with Crippen molar-refractivity contribution >= 4 is 17.2 Å². The Hall–Kier alpha value is -0.940. The predicted molar refractivity (Wildman–Crippen MR) is 67.2 cm³/mol. The van der Waals surface area contributed by atoms with Gasteiger partial charge in [-0.05, 0) is 34.1 Å². The Morgan fingerprint density at radius 3 is 2.71 bits per heavy atom. The summed E-state index contributed by atoms with van der Waals surface area (Å²) in [6.45, 7) is 8.11. The average molecular weight is 254 g/mol. The van der Waals surface area contributed by atoms with E-state index in [2.05, 4.69) is 10.3 Å². The molecule has 2 heterocycles. The molecule has 1 aromatic heterocycles. The van der Waals surface area contributed by atoms with Crippen LogP contribution >= 0.6 is 11.3 Å². The van der Waals surface area contributed by atoms with Crippen LogP contribution in [0.1, 0.15) is 44.6 Å². The molecular weight excluding hydrogens is 236 g/mol. The zero-order valence-electron chi connectivity index (χ0n) is 10.6. The van der Waals surface area contributed by atoms with Gasteiger partial charge >= 0.3 is 0 Å². The van der Waals surface area contributed by atoms with E-state index in [1.54, 1.807) is 10.9 Å².